The van der Waals surface area contributed by atoms with Gasteiger partial charge in [0.15, 0.2) is 0 Å². The molecule has 2 aromatic heterocycles. The van der Waals surface area contributed by atoms with Crippen LogP contribution in [-0.4, -0.2) is 26.9 Å². The summed E-state index contributed by atoms with van der Waals surface area (Å²) in [6, 6.07) is 4.09. The van der Waals surface area contributed by atoms with Crippen molar-refractivity contribution in [2.75, 3.05) is 6.54 Å². The Labute approximate surface area is 137 Å². The molecule has 0 aromatic carbocycles. The van der Waals surface area contributed by atoms with E-state index in [4.69, 9.17) is 4.42 Å². The van der Waals surface area contributed by atoms with Crippen molar-refractivity contribution in [3.05, 3.63) is 42.4 Å². The van der Waals surface area contributed by atoms with Crippen LogP contribution in [0.2, 0.25) is 0 Å². The maximum atomic E-state index is 12.7. The third-order valence-electron chi connectivity index (χ3n) is 4.64. The molecule has 0 bridgehead atoms. The van der Waals surface area contributed by atoms with Gasteiger partial charge in [-0.3, -0.25) is 4.79 Å². The molecule has 1 saturated heterocycles. The zero-order valence-electron chi connectivity index (χ0n) is 13.9. The summed E-state index contributed by atoms with van der Waals surface area (Å²) in [7, 11) is 0. The first kappa shape index (κ1) is 15.8. The minimum Gasteiger partial charge on any atom is -0.464 e. The van der Waals surface area contributed by atoms with Crippen LogP contribution in [0.25, 0.3) is 0 Å². The van der Waals surface area contributed by atoms with Crippen LogP contribution in [0.5, 0.6) is 0 Å². The lowest BCUT2D eigenvalue weighted by Gasteiger charge is -2.37. The summed E-state index contributed by atoms with van der Waals surface area (Å²) >= 11 is 0. The van der Waals surface area contributed by atoms with Crippen molar-refractivity contribution in [3.8, 4) is 0 Å². The third kappa shape index (κ3) is 3.84. The number of aryl methyl sites for hydroxylation is 2. The fraction of sp³-hybridized carbons (Fsp3) is 0.556. The number of likely N-dealkylation sites (tertiary alicyclic amines) is 1. The molecule has 5 heteroatoms. The Morgan fingerprint density at radius 3 is 3.00 bits per heavy atom. The molecule has 0 unspecified atom stereocenters. The summed E-state index contributed by atoms with van der Waals surface area (Å²) in [5.74, 6) is 2.69. The second-order valence-corrected chi connectivity index (χ2v) is 6.58. The standard InChI is InChI=1S/C18H25N3O2/c1-14-7-10-21(16(12-14)17-6-5-15(2)23-17)18(22)4-3-9-20-11-8-19-13-20/h5-6,8,11,13-14,16H,3-4,7,9-10,12H2,1-2H3/t14-,16-/m1/s1. The summed E-state index contributed by atoms with van der Waals surface area (Å²) in [4.78, 5) is 18.7. The van der Waals surface area contributed by atoms with E-state index in [9.17, 15) is 4.79 Å². The molecule has 3 heterocycles. The number of furan rings is 1. The van der Waals surface area contributed by atoms with E-state index in [1.807, 2.05) is 34.7 Å². The largest absolute Gasteiger partial charge is 0.464 e. The van der Waals surface area contributed by atoms with Gasteiger partial charge in [-0.25, -0.2) is 4.98 Å². The van der Waals surface area contributed by atoms with E-state index in [2.05, 4.69) is 11.9 Å². The summed E-state index contributed by atoms with van der Waals surface area (Å²) < 4.78 is 7.82. The molecule has 1 fully saturated rings. The van der Waals surface area contributed by atoms with Crippen molar-refractivity contribution < 1.29 is 9.21 Å². The Bertz CT molecular complexity index is 632. The molecule has 124 valence electrons. The van der Waals surface area contributed by atoms with Gasteiger partial charge in [-0.2, -0.15) is 0 Å². The molecule has 0 N–H and O–H groups in total. The van der Waals surface area contributed by atoms with E-state index in [1.165, 1.54) is 0 Å². The van der Waals surface area contributed by atoms with Gasteiger partial charge in [0.1, 0.15) is 11.5 Å². The molecule has 5 nitrogen and oxygen atoms in total. The zero-order valence-corrected chi connectivity index (χ0v) is 13.9. The number of carbonyl (C=O) groups excluding carboxylic acids is 1. The minimum atomic E-state index is 0.0909. The molecule has 1 aliphatic rings. The van der Waals surface area contributed by atoms with E-state index in [0.717, 1.165) is 43.9 Å². The van der Waals surface area contributed by atoms with Gasteiger partial charge in [0.2, 0.25) is 5.91 Å². The molecule has 0 aliphatic carbocycles. The van der Waals surface area contributed by atoms with Gasteiger partial charge in [0, 0.05) is 31.9 Å². The molecule has 2 aromatic rings. The lowest BCUT2D eigenvalue weighted by atomic mass is 9.90. The Hall–Kier alpha value is -2.04. The Balaban J connectivity index is 1.62. The van der Waals surface area contributed by atoms with Crippen molar-refractivity contribution in [3.63, 3.8) is 0 Å². The van der Waals surface area contributed by atoms with Gasteiger partial charge in [-0.15, -0.1) is 0 Å². The fourth-order valence-electron chi connectivity index (χ4n) is 3.32. The first-order chi connectivity index (χ1) is 11.1. The molecular weight excluding hydrogens is 290 g/mol. The summed E-state index contributed by atoms with van der Waals surface area (Å²) in [6.45, 7) is 5.87. The van der Waals surface area contributed by atoms with Gasteiger partial charge in [0.05, 0.1) is 12.4 Å². The molecule has 2 atom stereocenters. The highest BCUT2D eigenvalue weighted by molar-refractivity contribution is 5.76. The fourth-order valence-corrected chi connectivity index (χ4v) is 3.32. The normalized spacial score (nSPS) is 21.6. The van der Waals surface area contributed by atoms with Gasteiger partial charge < -0.3 is 13.9 Å². The van der Waals surface area contributed by atoms with Crippen molar-refractivity contribution in [2.45, 2.75) is 52.1 Å². The van der Waals surface area contributed by atoms with E-state index < -0.39 is 0 Å². The predicted octanol–water partition coefficient (Wildman–Crippen LogP) is 3.56. The van der Waals surface area contributed by atoms with Crippen LogP contribution in [-0.2, 0) is 11.3 Å². The minimum absolute atomic E-state index is 0.0909. The summed E-state index contributed by atoms with van der Waals surface area (Å²) in [5, 5.41) is 0. The molecule has 1 amide bonds. The smallest absolute Gasteiger partial charge is 0.223 e. The average Bonchev–Trinajstić information content (AvgIpc) is 3.18. The zero-order chi connectivity index (χ0) is 16.2. The van der Waals surface area contributed by atoms with Crippen molar-refractivity contribution in [1.29, 1.82) is 0 Å². The molecule has 3 rings (SSSR count). The highest BCUT2D eigenvalue weighted by Crippen LogP contribution is 2.35. The van der Waals surface area contributed by atoms with Crippen LogP contribution in [0.4, 0.5) is 0 Å². The molecule has 0 radical (unpaired) electrons. The number of amides is 1. The van der Waals surface area contributed by atoms with Crippen molar-refractivity contribution in [1.82, 2.24) is 14.5 Å². The highest BCUT2D eigenvalue weighted by atomic mass is 16.3. The SMILES string of the molecule is Cc1ccc([C@H]2C[C@H](C)CCN2C(=O)CCCn2ccnc2)o1. The summed E-state index contributed by atoms with van der Waals surface area (Å²) in [6.07, 6.45) is 8.96. The highest BCUT2D eigenvalue weighted by Gasteiger charge is 2.32. The molecule has 0 spiro atoms. The number of aromatic nitrogens is 2. The second-order valence-electron chi connectivity index (χ2n) is 6.58. The van der Waals surface area contributed by atoms with E-state index in [0.29, 0.717) is 12.3 Å². The van der Waals surface area contributed by atoms with Gasteiger partial charge in [0.25, 0.3) is 0 Å². The first-order valence-electron chi connectivity index (χ1n) is 8.45. The number of hydrogen-bond acceptors (Lipinski definition) is 3. The van der Waals surface area contributed by atoms with E-state index >= 15 is 0 Å². The predicted molar refractivity (Wildman–Crippen MR) is 87.8 cm³/mol. The molecular formula is C18H25N3O2. The average molecular weight is 315 g/mol. The summed E-state index contributed by atoms with van der Waals surface area (Å²) in [5.41, 5.74) is 0. The maximum absolute atomic E-state index is 12.7. The van der Waals surface area contributed by atoms with Crippen LogP contribution in [0.1, 0.15) is 50.2 Å². The molecule has 0 saturated carbocycles. The van der Waals surface area contributed by atoms with Gasteiger partial charge in [-0.05, 0) is 44.2 Å². The Morgan fingerprint density at radius 2 is 2.30 bits per heavy atom. The number of rotatable bonds is 5. The van der Waals surface area contributed by atoms with Crippen LogP contribution in [0, 0.1) is 12.8 Å². The van der Waals surface area contributed by atoms with Gasteiger partial charge in [-0.1, -0.05) is 6.92 Å². The number of nitrogens with zero attached hydrogens (tertiary/aromatic N) is 3. The number of piperidine rings is 1. The Morgan fingerprint density at radius 1 is 1.43 bits per heavy atom. The maximum Gasteiger partial charge on any atom is 0.223 e. The lowest BCUT2D eigenvalue weighted by molar-refractivity contribution is -0.136. The van der Waals surface area contributed by atoms with Crippen molar-refractivity contribution in [2.24, 2.45) is 5.92 Å². The first-order valence-corrected chi connectivity index (χ1v) is 8.45. The van der Waals surface area contributed by atoms with Crippen LogP contribution in [0.3, 0.4) is 0 Å². The Kier molecular flexibility index (Phi) is 4.84. The number of carbonyl (C=O) groups is 1. The van der Waals surface area contributed by atoms with Crippen LogP contribution in [0.15, 0.2) is 35.3 Å². The second kappa shape index (κ2) is 7.02. The van der Waals surface area contributed by atoms with Crippen LogP contribution < -0.4 is 0 Å². The lowest BCUT2D eigenvalue weighted by Crippen LogP contribution is -2.40. The van der Waals surface area contributed by atoms with E-state index in [1.54, 1.807) is 12.5 Å². The topological polar surface area (TPSA) is 51.3 Å². The van der Waals surface area contributed by atoms with Gasteiger partial charge >= 0.3 is 0 Å². The number of hydrogen-bond donors (Lipinski definition) is 0. The van der Waals surface area contributed by atoms with Crippen molar-refractivity contribution >= 4 is 5.91 Å². The molecule has 1 aliphatic heterocycles. The number of imidazole rings is 1. The monoisotopic (exact) mass is 315 g/mol. The third-order valence-corrected chi connectivity index (χ3v) is 4.64. The molecule has 23 heavy (non-hydrogen) atoms. The quantitative estimate of drug-likeness (QED) is 0.847. The van der Waals surface area contributed by atoms with Crippen LogP contribution >= 0.6 is 0 Å². The van der Waals surface area contributed by atoms with E-state index in [-0.39, 0.29) is 11.9 Å².